The van der Waals surface area contributed by atoms with Crippen LogP contribution in [0.15, 0.2) is 78.1 Å². The smallest absolute Gasteiger partial charge is 0.261 e. The summed E-state index contributed by atoms with van der Waals surface area (Å²) < 4.78 is 12.9. The molecule has 0 saturated heterocycles. The molecule has 4 aromatic rings. The summed E-state index contributed by atoms with van der Waals surface area (Å²) in [6, 6.07) is 18.1. The lowest BCUT2D eigenvalue weighted by Crippen LogP contribution is -2.32. The lowest BCUT2D eigenvalue weighted by Gasteiger charge is -2.31. The molecule has 3 N–H and O–H groups in total. The second-order valence-electron chi connectivity index (χ2n) is 10.1. The van der Waals surface area contributed by atoms with Gasteiger partial charge in [-0.1, -0.05) is 35.4 Å². The van der Waals surface area contributed by atoms with Gasteiger partial charge in [0, 0.05) is 22.6 Å². The quantitative estimate of drug-likeness (QED) is 0.260. The number of carbonyl (C=O) groups excluding carboxylic acids is 2. The Kier molecular flexibility index (Phi) is 7.52. The minimum absolute atomic E-state index is 0.302. The number of aryl methyl sites for hydroxylation is 3. The zero-order chi connectivity index (χ0) is 29.3. The molecule has 41 heavy (non-hydrogen) atoms. The number of allylic oxidation sites excluding steroid dienone is 1. The maximum Gasteiger partial charge on any atom is 0.261 e. The summed E-state index contributed by atoms with van der Waals surface area (Å²) in [5.74, 6) is 0.982. The van der Waals surface area contributed by atoms with E-state index in [9.17, 15) is 9.59 Å². The van der Waals surface area contributed by atoms with Gasteiger partial charge < -0.3 is 25.4 Å². The van der Waals surface area contributed by atoms with Gasteiger partial charge in [-0.2, -0.15) is 5.10 Å². The Balaban J connectivity index is 1.60. The van der Waals surface area contributed by atoms with Gasteiger partial charge in [0.05, 0.1) is 26.0 Å². The first-order chi connectivity index (χ1) is 19.7. The molecule has 210 valence electrons. The number of carbonyl (C=O) groups is 2. The van der Waals surface area contributed by atoms with Crippen molar-refractivity contribution in [3.05, 3.63) is 106 Å². The Morgan fingerprint density at radius 1 is 0.854 bits per heavy atom. The third kappa shape index (κ3) is 5.38. The molecular weight excluding hydrogens is 518 g/mol. The van der Waals surface area contributed by atoms with Crippen LogP contribution in [0.1, 0.15) is 45.6 Å². The van der Waals surface area contributed by atoms with E-state index in [0.29, 0.717) is 51.1 Å². The van der Waals surface area contributed by atoms with Gasteiger partial charge in [-0.25, -0.2) is 4.68 Å². The molecule has 2 amide bonds. The van der Waals surface area contributed by atoms with Crippen LogP contribution >= 0.6 is 0 Å². The number of hydrogen-bond donors (Lipinski definition) is 3. The van der Waals surface area contributed by atoms with Crippen LogP contribution in [-0.2, 0) is 4.79 Å². The van der Waals surface area contributed by atoms with Crippen LogP contribution in [0.4, 0.5) is 17.2 Å². The first kappa shape index (κ1) is 27.5. The van der Waals surface area contributed by atoms with Gasteiger partial charge in [0.1, 0.15) is 28.9 Å². The fraction of sp³-hybridized carbons (Fsp3) is 0.219. The van der Waals surface area contributed by atoms with Crippen LogP contribution < -0.4 is 25.4 Å². The number of hydrogen-bond acceptors (Lipinski definition) is 6. The van der Waals surface area contributed by atoms with Crippen molar-refractivity contribution in [2.75, 3.05) is 30.2 Å². The minimum atomic E-state index is -0.719. The van der Waals surface area contributed by atoms with Crippen molar-refractivity contribution in [2.45, 2.75) is 33.7 Å². The molecule has 3 aromatic carbocycles. The standard InChI is InChI=1S/C32H33N5O4/c1-18-7-10-22(11-8-18)35-31(38)25-17-33-37-29(24-16-23(40-5)12-14-27(24)41-6)28(21(4)34-30(25)37)32(39)36-26-13-9-19(2)15-20(26)3/h7-17,29,34H,1-6H3,(H,35,38)(H,36,39)/t29-/m1/s1. The Morgan fingerprint density at radius 2 is 1.59 bits per heavy atom. The summed E-state index contributed by atoms with van der Waals surface area (Å²) in [5, 5.41) is 13.9. The highest BCUT2D eigenvalue weighted by Gasteiger charge is 2.37. The highest BCUT2D eigenvalue weighted by atomic mass is 16.5. The van der Waals surface area contributed by atoms with Crippen molar-refractivity contribution in [2.24, 2.45) is 0 Å². The molecule has 0 fully saturated rings. The highest BCUT2D eigenvalue weighted by molar-refractivity contribution is 6.09. The molecule has 1 atom stereocenters. The molecule has 0 bridgehead atoms. The van der Waals surface area contributed by atoms with E-state index in [4.69, 9.17) is 9.47 Å². The molecule has 0 unspecified atom stereocenters. The second-order valence-corrected chi connectivity index (χ2v) is 10.1. The van der Waals surface area contributed by atoms with Crippen LogP contribution in [0.3, 0.4) is 0 Å². The maximum atomic E-state index is 14.0. The van der Waals surface area contributed by atoms with E-state index in [1.54, 1.807) is 31.0 Å². The SMILES string of the molecule is COc1ccc(OC)c([C@@H]2C(C(=O)Nc3ccc(C)cc3C)=C(C)Nc3c(C(=O)Nc4ccc(C)cc4)cnn32)c1. The highest BCUT2D eigenvalue weighted by Crippen LogP contribution is 2.42. The molecular formula is C32H33N5O4. The molecule has 9 heteroatoms. The average Bonchev–Trinajstić information content (AvgIpc) is 3.38. The lowest BCUT2D eigenvalue weighted by molar-refractivity contribution is -0.113. The predicted octanol–water partition coefficient (Wildman–Crippen LogP) is 6.01. The number of benzene rings is 3. The number of nitrogens with one attached hydrogen (secondary N) is 3. The van der Waals surface area contributed by atoms with Crippen molar-refractivity contribution in [1.82, 2.24) is 9.78 Å². The van der Waals surface area contributed by atoms with Gasteiger partial charge in [-0.15, -0.1) is 0 Å². The number of aromatic nitrogens is 2. The molecule has 0 radical (unpaired) electrons. The first-order valence-corrected chi connectivity index (χ1v) is 13.2. The van der Waals surface area contributed by atoms with Crippen LogP contribution in [0.25, 0.3) is 0 Å². The zero-order valence-corrected chi connectivity index (χ0v) is 24.0. The normalized spacial score (nSPS) is 14.1. The molecule has 2 heterocycles. The Bertz CT molecular complexity index is 1670. The maximum absolute atomic E-state index is 14.0. The third-order valence-electron chi connectivity index (χ3n) is 7.18. The van der Waals surface area contributed by atoms with Crippen molar-refractivity contribution in [1.29, 1.82) is 0 Å². The summed E-state index contributed by atoms with van der Waals surface area (Å²) in [7, 11) is 3.15. The molecule has 1 aliphatic rings. The zero-order valence-electron chi connectivity index (χ0n) is 24.0. The van der Waals surface area contributed by atoms with E-state index in [0.717, 1.165) is 16.7 Å². The molecule has 5 rings (SSSR count). The van der Waals surface area contributed by atoms with Crippen molar-refractivity contribution < 1.29 is 19.1 Å². The topological polar surface area (TPSA) is 107 Å². The number of amides is 2. The number of methoxy groups -OCH3 is 2. The number of rotatable bonds is 7. The Morgan fingerprint density at radius 3 is 2.27 bits per heavy atom. The van der Waals surface area contributed by atoms with Gasteiger partial charge in [0.2, 0.25) is 0 Å². The van der Waals surface area contributed by atoms with Crippen molar-refractivity contribution in [3.63, 3.8) is 0 Å². The summed E-state index contributed by atoms with van der Waals surface area (Å²) in [4.78, 5) is 27.4. The monoisotopic (exact) mass is 551 g/mol. The lowest BCUT2D eigenvalue weighted by atomic mass is 9.93. The Hall–Kier alpha value is -5.05. The molecule has 0 aliphatic carbocycles. The summed E-state index contributed by atoms with van der Waals surface area (Å²) in [6.07, 6.45) is 1.50. The number of nitrogens with zero attached hydrogens (tertiary/aromatic N) is 2. The van der Waals surface area contributed by atoms with E-state index >= 15 is 0 Å². The number of ether oxygens (including phenoxy) is 2. The van der Waals surface area contributed by atoms with Crippen LogP contribution in [0.5, 0.6) is 11.5 Å². The molecule has 1 aromatic heterocycles. The summed E-state index contributed by atoms with van der Waals surface area (Å²) >= 11 is 0. The summed E-state index contributed by atoms with van der Waals surface area (Å²) in [5.41, 5.74) is 6.54. The summed E-state index contributed by atoms with van der Waals surface area (Å²) in [6.45, 7) is 7.76. The van der Waals surface area contributed by atoms with Gasteiger partial charge in [-0.3, -0.25) is 9.59 Å². The van der Waals surface area contributed by atoms with E-state index in [2.05, 4.69) is 21.0 Å². The number of fused-ring (bicyclic) bond motifs is 1. The second kappa shape index (κ2) is 11.2. The van der Waals surface area contributed by atoms with Crippen molar-refractivity contribution in [3.8, 4) is 11.5 Å². The van der Waals surface area contributed by atoms with Crippen molar-refractivity contribution >= 4 is 29.0 Å². The molecule has 0 spiro atoms. The van der Waals surface area contributed by atoms with Crippen LogP contribution in [-0.4, -0.2) is 35.8 Å². The fourth-order valence-electron chi connectivity index (χ4n) is 5.03. The largest absolute Gasteiger partial charge is 0.497 e. The van der Waals surface area contributed by atoms with Crippen LogP contribution in [0.2, 0.25) is 0 Å². The third-order valence-corrected chi connectivity index (χ3v) is 7.18. The van der Waals surface area contributed by atoms with E-state index in [1.807, 2.05) is 76.2 Å². The average molecular weight is 552 g/mol. The number of anilines is 3. The van der Waals surface area contributed by atoms with E-state index < -0.39 is 6.04 Å². The molecule has 1 aliphatic heterocycles. The van der Waals surface area contributed by atoms with Gasteiger partial charge in [0.25, 0.3) is 11.8 Å². The Labute approximate surface area is 239 Å². The molecule has 9 nitrogen and oxygen atoms in total. The van der Waals surface area contributed by atoms with Gasteiger partial charge >= 0.3 is 0 Å². The first-order valence-electron chi connectivity index (χ1n) is 13.2. The van der Waals surface area contributed by atoms with E-state index in [1.165, 1.54) is 6.20 Å². The minimum Gasteiger partial charge on any atom is -0.497 e. The predicted molar refractivity (Wildman–Crippen MR) is 160 cm³/mol. The van der Waals surface area contributed by atoms with Crippen LogP contribution in [0, 0.1) is 20.8 Å². The molecule has 0 saturated carbocycles. The fourth-order valence-corrected chi connectivity index (χ4v) is 5.03. The van der Waals surface area contributed by atoms with Gasteiger partial charge in [0.15, 0.2) is 0 Å². The van der Waals surface area contributed by atoms with Gasteiger partial charge in [-0.05, 0) is 69.7 Å². The van der Waals surface area contributed by atoms with E-state index in [-0.39, 0.29) is 11.8 Å².